The zero-order chi connectivity index (χ0) is 14.3. The highest BCUT2D eigenvalue weighted by molar-refractivity contribution is 7.84. The van der Waals surface area contributed by atoms with Gasteiger partial charge < -0.3 is 4.98 Å². The van der Waals surface area contributed by atoms with Gasteiger partial charge in [-0.25, -0.2) is 4.98 Å². The maximum absolute atomic E-state index is 11.9. The van der Waals surface area contributed by atoms with Crippen LogP contribution in [0.4, 0.5) is 0 Å². The summed E-state index contributed by atoms with van der Waals surface area (Å²) in [6.07, 6.45) is 4.57. The first-order chi connectivity index (χ1) is 9.56. The first kappa shape index (κ1) is 12.7. The molecule has 3 aromatic rings. The number of hydrogen-bond donors (Lipinski definition) is 1. The Labute approximate surface area is 116 Å². The van der Waals surface area contributed by atoms with Crippen molar-refractivity contribution in [2.75, 3.05) is 6.26 Å². The summed E-state index contributed by atoms with van der Waals surface area (Å²) in [6, 6.07) is 3.38. The molecule has 20 heavy (non-hydrogen) atoms. The number of aromatic nitrogens is 5. The normalized spacial score (nSPS) is 12.7. The number of hydrogen-bond acceptors (Lipinski definition) is 5. The third-order valence-corrected chi connectivity index (χ3v) is 3.82. The second-order valence-electron chi connectivity index (χ2n) is 4.25. The fourth-order valence-corrected chi connectivity index (χ4v) is 2.31. The van der Waals surface area contributed by atoms with Gasteiger partial charge in [0.25, 0.3) is 5.56 Å². The van der Waals surface area contributed by atoms with Crippen molar-refractivity contribution in [3.63, 3.8) is 0 Å². The Bertz CT molecular complexity index is 866. The van der Waals surface area contributed by atoms with Gasteiger partial charge in [-0.05, 0) is 12.1 Å². The van der Waals surface area contributed by atoms with Crippen LogP contribution in [0.25, 0.3) is 22.6 Å². The van der Waals surface area contributed by atoms with E-state index in [4.69, 9.17) is 0 Å². The summed E-state index contributed by atoms with van der Waals surface area (Å²) in [5.41, 5.74) is 0.746. The number of pyridine rings is 1. The van der Waals surface area contributed by atoms with Crippen molar-refractivity contribution in [3.05, 3.63) is 34.9 Å². The molecule has 0 bridgehead atoms. The molecule has 3 rings (SSSR count). The number of aromatic amines is 1. The number of aryl methyl sites for hydroxylation is 1. The van der Waals surface area contributed by atoms with E-state index in [0.717, 1.165) is 0 Å². The van der Waals surface area contributed by atoms with Crippen molar-refractivity contribution < 1.29 is 4.21 Å². The highest BCUT2D eigenvalue weighted by Crippen LogP contribution is 2.14. The van der Waals surface area contributed by atoms with Gasteiger partial charge in [0.15, 0.2) is 11.5 Å². The highest BCUT2D eigenvalue weighted by atomic mass is 32.2. The number of fused-ring (bicyclic) bond motifs is 1. The fourth-order valence-electron chi connectivity index (χ4n) is 1.84. The van der Waals surface area contributed by atoms with Crippen LogP contribution >= 0.6 is 0 Å². The van der Waals surface area contributed by atoms with E-state index in [1.54, 1.807) is 25.4 Å². The summed E-state index contributed by atoms with van der Waals surface area (Å²) < 4.78 is 12.8. The highest BCUT2D eigenvalue weighted by Gasteiger charge is 2.10. The summed E-state index contributed by atoms with van der Waals surface area (Å²) in [6.45, 7) is 0. The Kier molecular flexibility index (Phi) is 2.94. The smallest absolute Gasteiger partial charge is 0.262 e. The zero-order valence-corrected chi connectivity index (χ0v) is 11.6. The second-order valence-corrected chi connectivity index (χ2v) is 5.63. The lowest BCUT2D eigenvalue weighted by Crippen LogP contribution is -2.10. The molecule has 0 saturated carbocycles. The minimum Gasteiger partial charge on any atom is -0.305 e. The first-order valence-corrected chi connectivity index (χ1v) is 7.34. The Balaban J connectivity index is 2.16. The molecule has 0 aliphatic rings. The molecule has 0 radical (unpaired) electrons. The molecule has 1 N–H and O–H groups in total. The maximum Gasteiger partial charge on any atom is 0.262 e. The lowest BCUT2D eigenvalue weighted by atomic mass is 10.3. The molecule has 3 heterocycles. The van der Waals surface area contributed by atoms with Gasteiger partial charge in [-0.15, -0.1) is 0 Å². The van der Waals surface area contributed by atoms with Crippen LogP contribution in [0.5, 0.6) is 0 Å². The Morgan fingerprint density at radius 1 is 1.30 bits per heavy atom. The molecule has 3 aromatic heterocycles. The topological polar surface area (TPSA) is 93.5 Å². The molecular formula is C12H11N5O2S. The average molecular weight is 289 g/mol. The molecule has 0 amide bonds. The van der Waals surface area contributed by atoms with Gasteiger partial charge in [-0.1, -0.05) is 0 Å². The van der Waals surface area contributed by atoms with Gasteiger partial charge in [0.1, 0.15) is 11.1 Å². The molecule has 1 atom stereocenters. The van der Waals surface area contributed by atoms with E-state index in [0.29, 0.717) is 27.4 Å². The van der Waals surface area contributed by atoms with E-state index < -0.39 is 10.8 Å². The number of H-pyrrole nitrogens is 1. The van der Waals surface area contributed by atoms with Crippen molar-refractivity contribution in [2.24, 2.45) is 7.05 Å². The maximum atomic E-state index is 11.9. The van der Waals surface area contributed by atoms with Crippen LogP contribution in [0.2, 0.25) is 0 Å². The predicted molar refractivity (Wildman–Crippen MR) is 74.7 cm³/mol. The van der Waals surface area contributed by atoms with E-state index in [-0.39, 0.29) is 5.56 Å². The molecule has 0 aliphatic heterocycles. The van der Waals surface area contributed by atoms with Crippen molar-refractivity contribution >= 4 is 21.8 Å². The molecule has 0 aromatic carbocycles. The third kappa shape index (κ3) is 2.03. The molecule has 8 heteroatoms. The zero-order valence-electron chi connectivity index (χ0n) is 10.8. The largest absolute Gasteiger partial charge is 0.305 e. The Hall–Kier alpha value is -2.35. The molecule has 102 valence electrons. The summed E-state index contributed by atoms with van der Waals surface area (Å²) >= 11 is 0. The SMILES string of the molecule is Cn1ncc2c(=O)[nH]c(-c3ccc(S(C)=O)cn3)nc21. The van der Waals surface area contributed by atoms with E-state index in [1.807, 2.05) is 0 Å². The van der Waals surface area contributed by atoms with E-state index in [1.165, 1.54) is 17.1 Å². The van der Waals surface area contributed by atoms with E-state index in [2.05, 4.69) is 20.1 Å². The van der Waals surface area contributed by atoms with Gasteiger partial charge in [-0.2, -0.15) is 5.10 Å². The van der Waals surface area contributed by atoms with E-state index >= 15 is 0 Å². The van der Waals surface area contributed by atoms with E-state index in [9.17, 15) is 9.00 Å². The second kappa shape index (κ2) is 4.64. The van der Waals surface area contributed by atoms with Crippen LogP contribution < -0.4 is 5.56 Å². The average Bonchev–Trinajstić information content (AvgIpc) is 2.81. The molecule has 1 unspecified atom stereocenters. The lowest BCUT2D eigenvalue weighted by molar-refractivity contribution is 0.686. The Morgan fingerprint density at radius 3 is 2.75 bits per heavy atom. The summed E-state index contributed by atoms with van der Waals surface area (Å²) in [5, 5.41) is 4.44. The van der Waals surface area contributed by atoms with Crippen molar-refractivity contribution in [2.45, 2.75) is 4.90 Å². The molecular weight excluding hydrogens is 278 g/mol. The van der Waals surface area contributed by atoms with Crippen LogP contribution in [-0.4, -0.2) is 35.2 Å². The van der Waals surface area contributed by atoms with Gasteiger partial charge in [0, 0.05) is 19.5 Å². The third-order valence-electron chi connectivity index (χ3n) is 2.91. The quantitative estimate of drug-likeness (QED) is 0.739. The standard InChI is InChI=1S/C12H11N5O2S/c1-17-11-8(6-14-17)12(18)16-10(15-11)9-4-3-7(5-13-9)20(2)19/h3-6H,1-2H3,(H,15,16,18). The number of nitrogens with zero attached hydrogens (tertiary/aromatic N) is 4. The van der Waals surface area contributed by atoms with Gasteiger partial charge in [0.05, 0.1) is 21.9 Å². The monoisotopic (exact) mass is 289 g/mol. The minimum atomic E-state index is -1.09. The summed E-state index contributed by atoms with van der Waals surface area (Å²) in [4.78, 5) is 23.8. The van der Waals surface area contributed by atoms with Crippen LogP contribution in [0, 0.1) is 0 Å². The Morgan fingerprint density at radius 2 is 2.10 bits per heavy atom. The van der Waals surface area contributed by atoms with Gasteiger partial charge in [-0.3, -0.25) is 18.7 Å². The van der Waals surface area contributed by atoms with Gasteiger partial charge in [0.2, 0.25) is 0 Å². The van der Waals surface area contributed by atoms with Crippen molar-refractivity contribution in [1.82, 2.24) is 24.7 Å². The first-order valence-electron chi connectivity index (χ1n) is 5.78. The molecule has 7 nitrogen and oxygen atoms in total. The van der Waals surface area contributed by atoms with Crippen molar-refractivity contribution in [3.8, 4) is 11.5 Å². The summed E-state index contributed by atoms with van der Waals surface area (Å²) in [7, 11) is 0.631. The minimum absolute atomic E-state index is 0.261. The van der Waals surface area contributed by atoms with Crippen LogP contribution in [0.3, 0.4) is 0 Å². The van der Waals surface area contributed by atoms with Crippen LogP contribution in [-0.2, 0) is 17.8 Å². The van der Waals surface area contributed by atoms with Gasteiger partial charge >= 0.3 is 0 Å². The predicted octanol–water partition coefficient (Wildman–Crippen LogP) is 0.456. The summed E-state index contributed by atoms with van der Waals surface area (Å²) in [5.74, 6) is 0.361. The molecule has 0 fully saturated rings. The molecule has 0 spiro atoms. The molecule has 0 aliphatic carbocycles. The molecule has 0 saturated heterocycles. The van der Waals surface area contributed by atoms with Crippen LogP contribution in [0.15, 0.2) is 34.2 Å². The number of nitrogens with one attached hydrogen (secondary N) is 1. The van der Waals surface area contributed by atoms with Crippen molar-refractivity contribution in [1.29, 1.82) is 0 Å². The fraction of sp³-hybridized carbons (Fsp3) is 0.167. The van der Waals surface area contributed by atoms with Crippen LogP contribution in [0.1, 0.15) is 0 Å². The number of rotatable bonds is 2. The lowest BCUT2D eigenvalue weighted by Gasteiger charge is -2.02.